The molecule has 2 aromatic carbocycles. The van der Waals surface area contributed by atoms with Crippen LogP contribution >= 0.6 is 23.4 Å². The van der Waals surface area contributed by atoms with Crippen molar-refractivity contribution in [2.75, 3.05) is 5.75 Å². The summed E-state index contributed by atoms with van der Waals surface area (Å²) in [7, 11) is 0. The highest BCUT2D eigenvalue weighted by Crippen LogP contribution is 2.33. The molecule has 6 heteroatoms. The minimum absolute atomic E-state index is 0.0209. The van der Waals surface area contributed by atoms with Crippen molar-refractivity contribution in [3.63, 3.8) is 0 Å². The van der Waals surface area contributed by atoms with E-state index in [9.17, 15) is 4.79 Å². The maximum atomic E-state index is 12.5. The Kier molecular flexibility index (Phi) is 4.66. The van der Waals surface area contributed by atoms with Crippen molar-refractivity contribution in [3.8, 4) is 0 Å². The van der Waals surface area contributed by atoms with Gasteiger partial charge in [-0.1, -0.05) is 42.4 Å². The fourth-order valence-corrected chi connectivity index (χ4v) is 3.72. The quantitative estimate of drug-likeness (QED) is 0.256. The third-order valence-corrected chi connectivity index (χ3v) is 5.27. The average molecular weight is 383 g/mol. The minimum Gasteiger partial charge on any atom is -0.451 e. The second-order valence-corrected chi connectivity index (χ2v) is 7.19. The summed E-state index contributed by atoms with van der Waals surface area (Å²) in [6, 6.07) is 14.7. The standard InChI is InChI=1S/C20H15ClN2O2S/c1-2-17-22-18-14-5-3-4-6-16(14)25-19(18)20(23-17)26-11-15(24)12-7-9-13(21)10-8-12/h3-10H,2,11H2,1H3. The zero-order valence-corrected chi connectivity index (χ0v) is 15.6. The topological polar surface area (TPSA) is 56.0 Å². The number of para-hydroxylation sites is 1. The van der Waals surface area contributed by atoms with Crippen molar-refractivity contribution >= 4 is 51.2 Å². The van der Waals surface area contributed by atoms with E-state index >= 15 is 0 Å². The molecule has 0 atom stereocenters. The molecule has 0 unspecified atom stereocenters. The summed E-state index contributed by atoms with van der Waals surface area (Å²) >= 11 is 7.26. The minimum atomic E-state index is 0.0209. The van der Waals surface area contributed by atoms with Crippen molar-refractivity contribution in [2.24, 2.45) is 0 Å². The van der Waals surface area contributed by atoms with Gasteiger partial charge in [0.2, 0.25) is 0 Å². The van der Waals surface area contributed by atoms with E-state index in [1.165, 1.54) is 11.8 Å². The largest absolute Gasteiger partial charge is 0.451 e. The predicted molar refractivity (Wildman–Crippen MR) is 105 cm³/mol. The van der Waals surface area contributed by atoms with Crippen LogP contribution in [0.15, 0.2) is 58.0 Å². The molecule has 0 amide bonds. The van der Waals surface area contributed by atoms with E-state index < -0.39 is 0 Å². The number of benzene rings is 2. The number of aromatic nitrogens is 2. The van der Waals surface area contributed by atoms with Crippen molar-refractivity contribution in [1.29, 1.82) is 0 Å². The molecule has 0 N–H and O–H groups in total. The first-order valence-electron chi connectivity index (χ1n) is 8.25. The molecule has 2 aromatic heterocycles. The van der Waals surface area contributed by atoms with Gasteiger partial charge in [0.1, 0.15) is 22.0 Å². The molecule has 0 aliphatic carbocycles. The summed E-state index contributed by atoms with van der Waals surface area (Å²) in [4.78, 5) is 21.7. The molecule has 0 aliphatic rings. The number of hydrogen-bond acceptors (Lipinski definition) is 5. The Labute approximate surface area is 159 Å². The molecular weight excluding hydrogens is 368 g/mol. The number of rotatable bonds is 5. The smallest absolute Gasteiger partial charge is 0.186 e. The van der Waals surface area contributed by atoms with E-state index in [2.05, 4.69) is 9.97 Å². The highest BCUT2D eigenvalue weighted by atomic mass is 35.5. The van der Waals surface area contributed by atoms with Crippen LogP contribution in [0.3, 0.4) is 0 Å². The van der Waals surface area contributed by atoms with Crippen molar-refractivity contribution in [2.45, 2.75) is 18.4 Å². The van der Waals surface area contributed by atoms with Crippen LogP contribution in [0, 0.1) is 0 Å². The van der Waals surface area contributed by atoms with Crippen LogP contribution in [0.2, 0.25) is 5.02 Å². The molecule has 0 fully saturated rings. The Morgan fingerprint density at radius 1 is 1.12 bits per heavy atom. The van der Waals surface area contributed by atoms with E-state index in [4.69, 9.17) is 16.0 Å². The fourth-order valence-electron chi connectivity index (χ4n) is 2.72. The molecule has 2 heterocycles. The number of nitrogens with zero attached hydrogens (tertiary/aromatic N) is 2. The number of halogens is 1. The zero-order chi connectivity index (χ0) is 18.1. The number of carbonyl (C=O) groups excluding carboxylic acids is 1. The van der Waals surface area contributed by atoms with E-state index in [0.29, 0.717) is 27.6 Å². The summed E-state index contributed by atoms with van der Waals surface area (Å²) in [5.41, 5.74) is 2.84. The molecule has 0 saturated heterocycles. The summed E-state index contributed by atoms with van der Waals surface area (Å²) in [5.74, 6) is 1.03. The number of thioether (sulfide) groups is 1. The lowest BCUT2D eigenvalue weighted by atomic mass is 10.1. The lowest BCUT2D eigenvalue weighted by Crippen LogP contribution is -2.03. The highest BCUT2D eigenvalue weighted by molar-refractivity contribution is 8.00. The lowest BCUT2D eigenvalue weighted by molar-refractivity contribution is 0.102. The fraction of sp³-hybridized carbons (Fsp3) is 0.150. The van der Waals surface area contributed by atoms with Gasteiger partial charge in [0.25, 0.3) is 0 Å². The van der Waals surface area contributed by atoms with Gasteiger partial charge in [0, 0.05) is 22.4 Å². The van der Waals surface area contributed by atoms with Crippen LogP contribution in [0.1, 0.15) is 23.1 Å². The van der Waals surface area contributed by atoms with Gasteiger partial charge >= 0.3 is 0 Å². The molecule has 0 aliphatic heterocycles. The number of hydrogen-bond donors (Lipinski definition) is 0. The molecule has 4 aromatic rings. The molecule has 0 radical (unpaired) electrons. The van der Waals surface area contributed by atoms with Crippen LogP contribution < -0.4 is 0 Å². The highest BCUT2D eigenvalue weighted by Gasteiger charge is 2.17. The second kappa shape index (κ2) is 7.09. The first-order valence-corrected chi connectivity index (χ1v) is 9.62. The monoisotopic (exact) mass is 382 g/mol. The average Bonchev–Trinajstić information content (AvgIpc) is 3.05. The van der Waals surface area contributed by atoms with Crippen molar-refractivity contribution in [1.82, 2.24) is 9.97 Å². The van der Waals surface area contributed by atoms with Gasteiger partial charge in [-0.05, 0) is 36.4 Å². The van der Waals surface area contributed by atoms with Gasteiger partial charge < -0.3 is 4.42 Å². The Balaban J connectivity index is 1.69. The Bertz CT molecular complexity index is 1110. The SMILES string of the molecule is CCc1nc(SCC(=O)c2ccc(Cl)cc2)c2oc3ccccc3c2n1. The third kappa shape index (κ3) is 3.20. The van der Waals surface area contributed by atoms with E-state index in [1.807, 2.05) is 31.2 Å². The number of furan rings is 1. The van der Waals surface area contributed by atoms with Crippen molar-refractivity contribution in [3.05, 3.63) is 64.9 Å². The van der Waals surface area contributed by atoms with Gasteiger partial charge in [-0.2, -0.15) is 0 Å². The molecular formula is C20H15ClN2O2S. The van der Waals surface area contributed by atoms with Gasteiger partial charge in [-0.25, -0.2) is 9.97 Å². The number of carbonyl (C=O) groups is 1. The van der Waals surface area contributed by atoms with Crippen LogP contribution in [0.4, 0.5) is 0 Å². The summed E-state index contributed by atoms with van der Waals surface area (Å²) in [5, 5.41) is 2.28. The van der Waals surface area contributed by atoms with Crippen LogP contribution in [0.25, 0.3) is 22.1 Å². The maximum Gasteiger partial charge on any atom is 0.186 e. The van der Waals surface area contributed by atoms with E-state index in [0.717, 1.165) is 22.3 Å². The summed E-state index contributed by atoms with van der Waals surface area (Å²) < 4.78 is 5.96. The normalized spacial score (nSPS) is 11.3. The molecule has 4 nitrogen and oxygen atoms in total. The molecule has 130 valence electrons. The second-order valence-electron chi connectivity index (χ2n) is 5.79. The van der Waals surface area contributed by atoms with Crippen LogP contribution in [-0.4, -0.2) is 21.5 Å². The molecule has 26 heavy (non-hydrogen) atoms. The number of aryl methyl sites for hydroxylation is 1. The van der Waals surface area contributed by atoms with E-state index in [-0.39, 0.29) is 11.5 Å². The zero-order valence-electron chi connectivity index (χ0n) is 14.0. The third-order valence-electron chi connectivity index (χ3n) is 4.06. The first-order chi connectivity index (χ1) is 12.7. The van der Waals surface area contributed by atoms with E-state index in [1.54, 1.807) is 24.3 Å². The Morgan fingerprint density at radius 3 is 2.65 bits per heavy atom. The van der Waals surface area contributed by atoms with Crippen molar-refractivity contribution < 1.29 is 9.21 Å². The number of ketones is 1. The molecule has 0 spiro atoms. The molecule has 4 rings (SSSR count). The van der Waals surface area contributed by atoms with Crippen LogP contribution in [0.5, 0.6) is 0 Å². The molecule has 0 bridgehead atoms. The van der Waals surface area contributed by atoms with Gasteiger partial charge in [0.05, 0.1) is 5.75 Å². The summed E-state index contributed by atoms with van der Waals surface area (Å²) in [6.45, 7) is 2.01. The number of Topliss-reactive ketones (excluding diaryl/α,β-unsaturated/α-hetero) is 1. The van der Waals surface area contributed by atoms with Gasteiger partial charge in [-0.3, -0.25) is 4.79 Å². The maximum absolute atomic E-state index is 12.5. The lowest BCUT2D eigenvalue weighted by Gasteiger charge is -2.04. The van der Waals surface area contributed by atoms with Crippen LogP contribution in [-0.2, 0) is 6.42 Å². The van der Waals surface area contributed by atoms with Gasteiger partial charge in [0.15, 0.2) is 11.4 Å². The molecule has 0 saturated carbocycles. The first kappa shape index (κ1) is 17.1. The summed E-state index contributed by atoms with van der Waals surface area (Å²) in [6.07, 6.45) is 0.716. The Morgan fingerprint density at radius 2 is 1.88 bits per heavy atom. The van der Waals surface area contributed by atoms with Gasteiger partial charge in [-0.15, -0.1) is 0 Å². The predicted octanol–water partition coefficient (Wildman–Crippen LogP) is 5.57. The number of fused-ring (bicyclic) bond motifs is 3. The Hall–Kier alpha value is -2.37.